The molecule has 0 rings (SSSR count). The van der Waals surface area contributed by atoms with Gasteiger partial charge in [-0.2, -0.15) is 16.8 Å². The fourth-order valence-electron chi connectivity index (χ4n) is 0.532. The van der Waals surface area contributed by atoms with E-state index in [1.807, 2.05) is 0 Å². The lowest BCUT2D eigenvalue weighted by Crippen LogP contribution is -2.23. The minimum absolute atomic E-state index is 0. The van der Waals surface area contributed by atoms with Gasteiger partial charge in [-0.05, 0) is 6.92 Å². The molecule has 8 N–H and O–H groups in total. The van der Waals surface area contributed by atoms with E-state index in [9.17, 15) is 16.8 Å². The molecule has 0 bridgehead atoms. The molecule has 0 spiro atoms. The lowest BCUT2D eigenvalue weighted by atomic mass is 10.5. The molecule has 0 aromatic heterocycles. The van der Waals surface area contributed by atoms with Crippen LogP contribution in [0.4, 0.5) is 0 Å². The van der Waals surface area contributed by atoms with Crippen LogP contribution in [0, 0.1) is 0 Å². The molecule has 0 saturated carbocycles. The number of hydrogen-bond acceptors (Lipinski definition) is 7. The fourth-order valence-corrected chi connectivity index (χ4v) is 1.76. The molecule has 1 atom stereocenters. The van der Waals surface area contributed by atoms with Crippen LogP contribution in [0.25, 0.3) is 0 Å². The third kappa shape index (κ3) is 14.2. The second-order valence-corrected chi connectivity index (χ2v) is 4.63. The summed E-state index contributed by atoms with van der Waals surface area (Å²) in [6.07, 6.45) is -1.32. The van der Waals surface area contributed by atoms with Crippen molar-refractivity contribution in [1.82, 2.24) is 12.3 Å². The van der Waals surface area contributed by atoms with Gasteiger partial charge in [0, 0.05) is 0 Å². The zero-order chi connectivity index (χ0) is 9.99. The van der Waals surface area contributed by atoms with Gasteiger partial charge in [0.15, 0.2) is 0 Å². The highest BCUT2D eigenvalue weighted by Crippen LogP contribution is 1.99. The summed E-state index contributed by atoms with van der Waals surface area (Å²) in [6, 6.07) is 0. The molecule has 90 valence electrons. The Balaban J connectivity index is -0.000000605. The quantitative estimate of drug-likeness (QED) is 0.475. The van der Waals surface area contributed by atoms with Crippen LogP contribution in [0.5, 0.6) is 0 Å². The Morgan fingerprint density at radius 1 is 1.14 bits per heavy atom. The zero-order valence-corrected chi connectivity index (χ0v) is 9.08. The predicted molar refractivity (Wildman–Crippen MR) is 48.6 cm³/mol. The summed E-state index contributed by atoms with van der Waals surface area (Å²) in [4.78, 5) is 0. The van der Waals surface area contributed by atoms with E-state index >= 15 is 0 Å². The van der Waals surface area contributed by atoms with Crippen LogP contribution in [0.2, 0.25) is 0 Å². The Bertz CT molecular complexity index is 298. The summed E-state index contributed by atoms with van der Waals surface area (Å²) in [5.74, 6) is -0.896. The average Bonchev–Trinajstić information content (AvgIpc) is 1.49. The van der Waals surface area contributed by atoms with Gasteiger partial charge in [0.25, 0.3) is 10.1 Å². The van der Waals surface area contributed by atoms with Crippen molar-refractivity contribution in [2.75, 3.05) is 5.75 Å². The van der Waals surface area contributed by atoms with E-state index < -0.39 is 32.4 Å². The van der Waals surface area contributed by atoms with E-state index in [0.717, 1.165) is 6.92 Å². The van der Waals surface area contributed by atoms with E-state index in [0.29, 0.717) is 0 Å². The highest BCUT2D eigenvalue weighted by atomic mass is 32.3. The van der Waals surface area contributed by atoms with Gasteiger partial charge >= 0.3 is 10.4 Å². The highest BCUT2D eigenvalue weighted by molar-refractivity contribution is 7.85. The van der Waals surface area contributed by atoms with Crippen molar-refractivity contribution >= 4 is 20.5 Å². The molecule has 0 saturated heterocycles. The maximum atomic E-state index is 10.1. The molecule has 0 aromatic rings. The summed E-state index contributed by atoms with van der Waals surface area (Å²) in [6.45, 7) is 1.07. The smallest absolute Gasteiger partial charge is 0.344 e. The molecule has 11 heteroatoms. The van der Waals surface area contributed by atoms with Crippen LogP contribution in [0.3, 0.4) is 0 Å². The third-order valence-electron chi connectivity index (χ3n) is 0.731. The molecule has 14 heavy (non-hydrogen) atoms. The summed E-state index contributed by atoms with van der Waals surface area (Å²) < 4.78 is 60.3. The van der Waals surface area contributed by atoms with Crippen molar-refractivity contribution in [3.63, 3.8) is 0 Å². The van der Waals surface area contributed by atoms with Crippen LogP contribution in [-0.2, 0) is 24.7 Å². The van der Waals surface area contributed by atoms with E-state index in [-0.39, 0.29) is 12.3 Å². The van der Waals surface area contributed by atoms with Gasteiger partial charge in [-0.3, -0.25) is 9.11 Å². The monoisotopic (exact) mass is 254 g/mol. The molecule has 0 fully saturated rings. The van der Waals surface area contributed by atoms with Crippen LogP contribution in [0.15, 0.2) is 0 Å². The Morgan fingerprint density at radius 3 is 1.71 bits per heavy atom. The normalized spacial score (nSPS) is 13.6. The van der Waals surface area contributed by atoms with Crippen molar-refractivity contribution in [2.24, 2.45) is 0 Å². The van der Waals surface area contributed by atoms with E-state index in [2.05, 4.69) is 4.18 Å². The van der Waals surface area contributed by atoms with Gasteiger partial charge in [-0.25, -0.2) is 4.18 Å². The van der Waals surface area contributed by atoms with Crippen LogP contribution in [0.1, 0.15) is 6.92 Å². The second kappa shape index (κ2) is 6.23. The minimum atomic E-state index is -4.67. The van der Waals surface area contributed by atoms with Crippen LogP contribution < -0.4 is 12.3 Å². The molecular formula is C3H14N2O7S2. The molecule has 0 aliphatic carbocycles. The number of rotatable bonds is 4. The Hall–Kier alpha value is -0.300. The molecule has 0 aliphatic rings. The molecule has 1 unspecified atom stereocenters. The second-order valence-electron chi connectivity index (χ2n) is 2.08. The molecule has 0 amide bonds. The topological polar surface area (TPSA) is 188 Å². The first-order valence-electron chi connectivity index (χ1n) is 2.71. The molecule has 0 aliphatic heterocycles. The largest absolute Gasteiger partial charge is 0.397 e. The van der Waals surface area contributed by atoms with E-state index in [4.69, 9.17) is 9.11 Å². The van der Waals surface area contributed by atoms with Crippen molar-refractivity contribution in [1.29, 1.82) is 0 Å². The standard InChI is InChI=1S/C3H8O7S2.2H3N/c1-3(2-11(4,5)6)10-12(7,8)9;;/h3H,2H2,1H3,(H,4,5,6)(H,7,8,9);2*1H3. The van der Waals surface area contributed by atoms with Gasteiger partial charge in [0.2, 0.25) is 0 Å². The zero-order valence-electron chi connectivity index (χ0n) is 7.45. The van der Waals surface area contributed by atoms with Gasteiger partial charge in [-0.15, -0.1) is 0 Å². The first kappa shape index (κ1) is 19.3. The van der Waals surface area contributed by atoms with Gasteiger partial charge < -0.3 is 12.3 Å². The summed E-state index contributed by atoms with van der Waals surface area (Å²) >= 11 is 0. The van der Waals surface area contributed by atoms with E-state index in [1.165, 1.54) is 0 Å². The van der Waals surface area contributed by atoms with Crippen molar-refractivity contribution in [3.8, 4) is 0 Å². The minimum Gasteiger partial charge on any atom is -0.344 e. The maximum absolute atomic E-state index is 10.1. The van der Waals surface area contributed by atoms with Crippen molar-refractivity contribution in [2.45, 2.75) is 13.0 Å². The predicted octanol–water partition coefficient (Wildman–Crippen LogP) is -0.594. The van der Waals surface area contributed by atoms with Gasteiger partial charge in [0.05, 0.1) is 6.10 Å². The first-order chi connectivity index (χ1) is 5.10. The molecule has 0 heterocycles. The average molecular weight is 254 g/mol. The Morgan fingerprint density at radius 2 is 1.50 bits per heavy atom. The Kier molecular flexibility index (Phi) is 8.59. The van der Waals surface area contributed by atoms with Crippen LogP contribution >= 0.6 is 0 Å². The fraction of sp³-hybridized carbons (Fsp3) is 1.00. The number of hydrogen-bond donors (Lipinski definition) is 4. The van der Waals surface area contributed by atoms with Crippen molar-refractivity contribution < 1.29 is 30.1 Å². The van der Waals surface area contributed by atoms with Crippen molar-refractivity contribution in [3.05, 3.63) is 0 Å². The molecule has 0 aromatic carbocycles. The SMILES string of the molecule is CC(CS(=O)(=O)O)OS(=O)(=O)O.N.N. The van der Waals surface area contributed by atoms with Gasteiger partial charge in [-0.1, -0.05) is 0 Å². The summed E-state index contributed by atoms with van der Waals surface area (Å²) in [5, 5.41) is 0. The molecular weight excluding hydrogens is 240 g/mol. The summed E-state index contributed by atoms with van der Waals surface area (Å²) in [5.41, 5.74) is 0. The van der Waals surface area contributed by atoms with Crippen LogP contribution in [-0.4, -0.2) is 37.8 Å². The molecule has 0 radical (unpaired) electrons. The van der Waals surface area contributed by atoms with E-state index in [1.54, 1.807) is 0 Å². The van der Waals surface area contributed by atoms with Gasteiger partial charge in [0.1, 0.15) is 5.75 Å². The maximum Gasteiger partial charge on any atom is 0.397 e. The lowest BCUT2D eigenvalue weighted by Gasteiger charge is -2.06. The molecule has 9 nitrogen and oxygen atoms in total. The first-order valence-corrected chi connectivity index (χ1v) is 5.68. The summed E-state index contributed by atoms with van der Waals surface area (Å²) in [7, 11) is -8.97. The lowest BCUT2D eigenvalue weighted by molar-refractivity contribution is 0.213. The Labute approximate surface area is 82.3 Å². The third-order valence-corrected chi connectivity index (χ3v) is 2.19. The highest BCUT2D eigenvalue weighted by Gasteiger charge is 2.18.